The molecule has 2 atom stereocenters. The first-order valence-electron chi connectivity index (χ1n) is 13.2. The van der Waals surface area contributed by atoms with Crippen LogP contribution in [0.5, 0.6) is 0 Å². The van der Waals surface area contributed by atoms with E-state index in [-0.39, 0.29) is 43.9 Å². The second-order valence-electron chi connectivity index (χ2n) is 10.3. The van der Waals surface area contributed by atoms with Gasteiger partial charge in [0, 0.05) is 64.5 Å². The van der Waals surface area contributed by atoms with Gasteiger partial charge in [0.1, 0.15) is 5.82 Å². The molecule has 15 heteroatoms. The van der Waals surface area contributed by atoms with E-state index in [4.69, 9.17) is 9.47 Å². The molecule has 0 N–H and O–H groups in total. The SMILES string of the molecule is COC[C@@H]1CN(CCN2CCN(C(=O)c3cc(F)cc(C(F)(F)F)c3)[C@H](Cc3ccc(C(F)(F)F)cc3)C2)CCO1.Cl.Cl. The predicted octanol–water partition coefficient (Wildman–Crippen LogP) is 5.42. The summed E-state index contributed by atoms with van der Waals surface area (Å²) in [6.07, 6.45) is -9.20. The Labute approximate surface area is 257 Å². The fourth-order valence-corrected chi connectivity index (χ4v) is 5.26. The number of benzene rings is 2. The zero-order chi connectivity index (χ0) is 29.8. The standard InChI is InChI=1S/C28H32F7N3O3.2ClH/c1-40-18-25-17-37(10-11-41-25)7-6-36-8-9-38(26(39)20-13-22(28(33,34)35)15-23(29)14-20)24(16-36)12-19-2-4-21(5-3-19)27(30,31)32;;/h2-5,13-15,24-25H,6-12,16-18H2,1H3;2*1H/t24-,25+;;/m1../s1. The Morgan fingerprint density at radius 1 is 0.884 bits per heavy atom. The van der Waals surface area contributed by atoms with Gasteiger partial charge in [-0.15, -0.1) is 24.8 Å². The van der Waals surface area contributed by atoms with Crippen molar-refractivity contribution in [3.63, 3.8) is 0 Å². The normalized spacial score (nSPS) is 20.3. The third-order valence-electron chi connectivity index (χ3n) is 7.36. The molecule has 6 nitrogen and oxygen atoms in total. The number of amides is 1. The largest absolute Gasteiger partial charge is 0.416 e. The lowest BCUT2D eigenvalue weighted by Crippen LogP contribution is -2.57. The second-order valence-corrected chi connectivity index (χ2v) is 10.3. The first kappa shape index (κ1) is 37.0. The molecule has 0 bridgehead atoms. The fourth-order valence-electron chi connectivity index (χ4n) is 5.26. The minimum atomic E-state index is -4.84. The zero-order valence-corrected chi connectivity index (χ0v) is 24.9. The molecule has 2 aromatic carbocycles. The van der Waals surface area contributed by atoms with E-state index in [0.29, 0.717) is 63.6 Å². The van der Waals surface area contributed by atoms with Gasteiger partial charge in [-0.2, -0.15) is 26.3 Å². The summed E-state index contributed by atoms with van der Waals surface area (Å²) in [4.78, 5) is 19.2. The Morgan fingerprint density at radius 3 is 2.12 bits per heavy atom. The first-order chi connectivity index (χ1) is 19.3. The first-order valence-corrected chi connectivity index (χ1v) is 13.2. The third kappa shape index (κ3) is 10.2. The van der Waals surface area contributed by atoms with Crippen LogP contribution in [0.1, 0.15) is 27.0 Å². The molecule has 2 heterocycles. The van der Waals surface area contributed by atoms with Crippen LogP contribution in [0, 0.1) is 5.82 Å². The highest BCUT2D eigenvalue weighted by Crippen LogP contribution is 2.32. The molecule has 2 saturated heterocycles. The van der Waals surface area contributed by atoms with Gasteiger partial charge < -0.3 is 14.4 Å². The van der Waals surface area contributed by atoms with Crippen LogP contribution in [-0.2, 0) is 28.2 Å². The van der Waals surface area contributed by atoms with Gasteiger partial charge in [0.2, 0.25) is 0 Å². The monoisotopic (exact) mass is 663 g/mol. The summed E-state index contributed by atoms with van der Waals surface area (Å²) in [5.41, 5.74) is -1.97. The molecule has 0 aromatic heterocycles. The molecule has 2 aromatic rings. The van der Waals surface area contributed by atoms with Gasteiger partial charge >= 0.3 is 12.4 Å². The van der Waals surface area contributed by atoms with Crippen LogP contribution < -0.4 is 0 Å². The molecule has 2 aliphatic heterocycles. The number of morpholine rings is 1. The predicted molar refractivity (Wildman–Crippen MR) is 150 cm³/mol. The van der Waals surface area contributed by atoms with Crippen molar-refractivity contribution in [2.45, 2.75) is 30.9 Å². The molecule has 0 unspecified atom stereocenters. The van der Waals surface area contributed by atoms with Crippen LogP contribution >= 0.6 is 24.8 Å². The lowest BCUT2D eigenvalue weighted by Gasteiger charge is -2.42. The summed E-state index contributed by atoms with van der Waals surface area (Å²) >= 11 is 0. The van der Waals surface area contributed by atoms with Crippen molar-refractivity contribution in [3.05, 3.63) is 70.5 Å². The van der Waals surface area contributed by atoms with Crippen LogP contribution in [0.25, 0.3) is 0 Å². The van der Waals surface area contributed by atoms with Crippen molar-refractivity contribution in [3.8, 4) is 0 Å². The number of nitrogens with zero attached hydrogens (tertiary/aromatic N) is 3. The smallest absolute Gasteiger partial charge is 0.382 e. The van der Waals surface area contributed by atoms with Crippen molar-refractivity contribution >= 4 is 30.7 Å². The molecule has 0 radical (unpaired) electrons. The van der Waals surface area contributed by atoms with Crippen molar-refractivity contribution < 1.29 is 45.0 Å². The van der Waals surface area contributed by atoms with Crippen LogP contribution in [0.3, 0.4) is 0 Å². The quantitative estimate of drug-likeness (QED) is 0.353. The van der Waals surface area contributed by atoms with Gasteiger partial charge in [-0.3, -0.25) is 14.6 Å². The Kier molecular flexibility index (Phi) is 13.5. The summed E-state index contributed by atoms with van der Waals surface area (Å²) in [5, 5.41) is 0. The summed E-state index contributed by atoms with van der Waals surface area (Å²) in [6, 6.07) is 5.75. The van der Waals surface area contributed by atoms with E-state index in [9.17, 15) is 35.5 Å². The average molecular weight is 664 g/mol. The number of rotatable bonds is 8. The highest BCUT2D eigenvalue weighted by Gasteiger charge is 2.36. The van der Waals surface area contributed by atoms with E-state index in [1.54, 1.807) is 7.11 Å². The van der Waals surface area contributed by atoms with Gasteiger partial charge in [0.25, 0.3) is 5.91 Å². The van der Waals surface area contributed by atoms with E-state index in [1.807, 2.05) is 0 Å². The summed E-state index contributed by atoms with van der Waals surface area (Å²) in [6.45, 7) is 4.78. The number of ether oxygens (including phenoxy) is 2. The van der Waals surface area contributed by atoms with Gasteiger partial charge in [0.15, 0.2) is 0 Å². The Balaban J connectivity index is 0.00000323. The fraction of sp³-hybridized carbons (Fsp3) is 0.536. The van der Waals surface area contributed by atoms with Gasteiger partial charge in [0.05, 0.1) is 30.4 Å². The number of hydrogen-bond acceptors (Lipinski definition) is 5. The van der Waals surface area contributed by atoms with Crippen molar-refractivity contribution in [1.29, 1.82) is 0 Å². The summed E-state index contributed by atoms with van der Waals surface area (Å²) in [7, 11) is 1.60. The summed E-state index contributed by atoms with van der Waals surface area (Å²) < 4.78 is 104. The molecular formula is C28H34Cl2F7N3O3. The molecule has 2 aliphatic rings. The third-order valence-corrected chi connectivity index (χ3v) is 7.36. The number of hydrogen-bond donors (Lipinski definition) is 0. The van der Waals surface area contributed by atoms with Gasteiger partial charge in [-0.25, -0.2) is 4.39 Å². The lowest BCUT2D eigenvalue weighted by molar-refractivity contribution is -0.138. The van der Waals surface area contributed by atoms with E-state index in [1.165, 1.54) is 17.0 Å². The van der Waals surface area contributed by atoms with E-state index in [0.717, 1.165) is 24.7 Å². The highest BCUT2D eigenvalue weighted by molar-refractivity contribution is 5.94. The second kappa shape index (κ2) is 15.7. The molecular weight excluding hydrogens is 630 g/mol. The van der Waals surface area contributed by atoms with Gasteiger partial charge in [-0.1, -0.05) is 12.1 Å². The Bertz CT molecular complexity index is 1180. The highest BCUT2D eigenvalue weighted by atomic mass is 35.5. The van der Waals surface area contributed by atoms with Crippen molar-refractivity contribution in [2.24, 2.45) is 0 Å². The minimum Gasteiger partial charge on any atom is -0.382 e. The molecule has 1 amide bonds. The van der Waals surface area contributed by atoms with E-state index >= 15 is 0 Å². The molecule has 0 saturated carbocycles. The number of carbonyl (C=O) groups excluding carboxylic acids is 1. The number of methoxy groups -OCH3 is 1. The molecule has 242 valence electrons. The maximum absolute atomic E-state index is 14.1. The van der Waals surface area contributed by atoms with Gasteiger partial charge in [-0.05, 0) is 42.3 Å². The van der Waals surface area contributed by atoms with Crippen LogP contribution in [0.4, 0.5) is 30.7 Å². The number of carbonyl (C=O) groups is 1. The lowest BCUT2D eigenvalue weighted by atomic mass is 9.99. The topological polar surface area (TPSA) is 45.2 Å². The molecule has 2 fully saturated rings. The van der Waals surface area contributed by atoms with Crippen molar-refractivity contribution in [2.75, 3.05) is 66.1 Å². The average Bonchev–Trinajstić information content (AvgIpc) is 2.91. The maximum Gasteiger partial charge on any atom is 0.416 e. The number of alkyl halides is 6. The summed E-state index contributed by atoms with van der Waals surface area (Å²) in [5.74, 6) is -1.94. The van der Waals surface area contributed by atoms with Crippen LogP contribution in [-0.4, -0.2) is 98.9 Å². The van der Waals surface area contributed by atoms with Crippen LogP contribution in [0.15, 0.2) is 42.5 Å². The molecule has 0 aliphatic carbocycles. The van der Waals surface area contributed by atoms with Crippen LogP contribution in [0.2, 0.25) is 0 Å². The Morgan fingerprint density at radius 2 is 1.51 bits per heavy atom. The number of piperazine rings is 1. The van der Waals surface area contributed by atoms with Crippen molar-refractivity contribution in [1.82, 2.24) is 14.7 Å². The number of halogens is 9. The Hall–Kier alpha value is -2.16. The molecule has 0 spiro atoms. The zero-order valence-electron chi connectivity index (χ0n) is 23.3. The minimum absolute atomic E-state index is 0. The van der Waals surface area contributed by atoms with E-state index < -0.39 is 46.8 Å². The molecule has 43 heavy (non-hydrogen) atoms. The van der Waals surface area contributed by atoms with E-state index in [2.05, 4.69) is 9.80 Å². The molecule has 4 rings (SSSR count). The maximum atomic E-state index is 14.1.